The second kappa shape index (κ2) is 5.58. The summed E-state index contributed by atoms with van der Waals surface area (Å²) in [6, 6.07) is 16.4. The van der Waals surface area contributed by atoms with E-state index in [1.165, 1.54) is 11.8 Å². The van der Waals surface area contributed by atoms with E-state index >= 15 is 0 Å². The zero-order chi connectivity index (χ0) is 14.8. The number of rotatable bonds is 3. The van der Waals surface area contributed by atoms with Crippen LogP contribution in [0.4, 0.5) is 0 Å². The van der Waals surface area contributed by atoms with E-state index in [1.807, 2.05) is 36.4 Å². The Balaban J connectivity index is 2.02. The van der Waals surface area contributed by atoms with Crippen molar-refractivity contribution in [3.63, 3.8) is 0 Å². The van der Waals surface area contributed by atoms with Gasteiger partial charge in [0.1, 0.15) is 17.2 Å². The first-order valence-corrected chi connectivity index (χ1v) is 7.26. The lowest BCUT2D eigenvalue weighted by Gasteiger charge is -2.10. The normalized spacial score (nSPS) is 10.7. The molecular weight excluding hydrogens is 284 g/mol. The van der Waals surface area contributed by atoms with Crippen LogP contribution in [0.1, 0.15) is 0 Å². The lowest BCUT2D eigenvalue weighted by molar-refractivity contribution is 0.414. The smallest absolute Gasteiger partial charge is 0.137 e. The Labute approximate surface area is 126 Å². The highest BCUT2D eigenvalue weighted by molar-refractivity contribution is 7.99. The highest BCUT2D eigenvalue weighted by Gasteiger charge is 2.11. The van der Waals surface area contributed by atoms with Crippen LogP contribution in [0.25, 0.3) is 10.8 Å². The van der Waals surface area contributed by atoms with E-state index < -0.39 is 0 Å². The van der Waals surface area contributed by atoms with Crippen LogP contribution in [0.15, 0.2) is 64.4 Å². The van der Waals surface area contributed by atoms with Gasteiger partial charge in [-0.3, -0.25) is 0 Å². The zero-order valence-corrected chi connectivity index (χ0v) is 12.2. The Bertz CT molecular complexity index is 782. The van der Waals surface area contributed by atoms with Crippen LogP contribution in [0.5, 0.6) is 17.2 Å². The van der Waals surface area contributed by atoms with Crippen LogP contribution >= 0.6 is 11.8 Å². The van der Waals surface area contributed by atoms with E-state index in [0.717, 1.165) is 10.6 Å². The van der Waals surface area contributed by atoms with Gasteiger partial charge < -0.3 is 14.9 Å². The predicted octanol–water partition coefficient (Wildman–Crippen LogP) is 4.41. The molecule has 4 heteroatoms. The number of ether oxygens (including phenoxy) is 1. The van der Waals surface area contributed by atoms with Crippen molar-refractivity contribution in [2.24, 2.45) is 0 Å². The molecule has 0 spiro atoms. The molecule has 3 aromatic rings. The molecule has 0 heterocycles. The minimum atomic E-state index is 0.166. The summed E-state index contributed by atoms with van der Waals surface area (Å²) in [7, 11) is 1.62. The molecule has 0 saturated carbocycles. The third-order valence-corrected chi connectivity index (χ3v) is 4.29. The maximum absolute atomic E-state index is 10.4. The van der Waals surface area contributed by atoms with Gasteiger partial charge in [-0.1, -0.05) is 36.0 Å². The summed E-state index contributed by atoms with van der Waals surface area (Å²) in [4.78, 5) is 1.58. The maximum Gasteiger partial charge on any atom is 0.137 e. The Morgan fingerprint density at radius 1 is 0.905 bits per heavy atom. The van der Waals surface area contributed by atoms with Gasteiger partial charge in [0.2, 0.25) is 0 Å². The summed E-state index contributed by atoms with van der Waals surface area (Å²) in [5.74, 6) is 1.13. The molecule has 0 aliphatic heterocycles. The molecule has 0 atom stereocenters. The molecule has 0 aromatic heterocycles. The molecule has 106 valence electrons. The van der Waals surface area contributed by atoms with Crippen LogP contribution in [-0.4, -0.2) is 17.3 Å². The fraction of sp³-hybridized carbons (Fsp3) is 0.0588. The van der Waals surface area contributed by atoms with Crippen molar-refractivity contribution < 1.29 is 14.9 Å². The van der Waals surface area contributed by atoms with E-state index in [9.17, 15) is 10.2 Å². The summed E-state index contributed by atoms with van der Waals surface area (Å²) >= 11 is 1.40. The average Bonchev–Trinajstić information content (AvgIpc) is 2.53. The van der Waals surface area contributed by atoms with Crippen LogP contribution < -0.4 is 4.74 Å². The first-order chi connectivity index (χ1) is 10.2. The van der Waals surface area contributed by atoms with Gasteiger partial charge in [-0.15, -0.1) is 0 Å². The Hall–Kier alpha value is -2.33. The average molecular weight is 298 g/mol. The number of phenolic OH excluding ortho intramolecular Hbond substituents is 2. The van der Waals surface area contributed by atoms with Gasteiger partial charge in [-0.25, -0.2) is 0 Å². The minimum Gasteiger partial charge on any atom is -0.507 e. The molecule has 3 rings (SSSR count). The van der Waals surface area contributed by atoms with Gasteiger partial charge in [0.05, 0.1) is 12.0 Å². The Morgan fingerprint density at radius 3 is 2.24 bits per heavy atom. The van der Waals surface area contributed by atoms with Crippen LogP contribution in [0, 0.1) is 0 Å². The second-order valence-corrected chi connectivity index (χ2v) is 5.68. The fourth-order valence-corrected chi connectivity index (χ4v) is 3.07. The molecule has 2 N–H and O–H groups in total. The molecular formula is C17H14O3S. The highest BCUT2D eigenvalue weighted by Crippen LogP contribution is 2.42. The van der Waals surface area contributed by atoms with Crippen molar-refractivity contribution in [1.29, 1.82) is 0 Å². The topological polar surface area (TPSA) is 49.7 Å². The first-order valence-electron chi connectivity index (χ1n) is 6.44. The SMILES string of the molecule is COc1ccc(Sc2cc(O)c3ccccc3c2O)cc1. The summed E-state index contributed by atoms with van der Waals surface area (Å²) in [6.45, 7) is 0. The Kier molecular flexibility index (Phi) is 3.62. The Morgan fingerprint density at radius 2 is 1.57 bits per heavy atom. The fourth-order valence-electron chi connectivity index (χ4n) is 2.16. The summed E-state index contributed by atoms with van der Waals surface area (Å²) < 4.78 is 5.12. The quantitative estimate of drug-likeness (QED) is 0.703. The van der Waals surface area contributed by atoms with Crippen LogP contribution in [0.2, 0.25) is 0 Å². The summed E-state index contributed by atoms with van der Waals surface area (Å²) in [6.07, 6.45) is 0. The number of hydrogen-bond acceptors (Lipinski definition) is 4. The van der Waals surface area contributed by atoms with E-state index in [1.54, 1.807) is 25.3 Å². The number of methoxy groups -OCH3 is 1. The van der Waals surface area contributed by atoms with Crippen LogP contribution in [0.3, 0.4) is 0 Å². The molecule has 0 radical (unpaired) electrons. The van der Waals surface area contributed by atoms with Crippen molar-refractivity contribution in [2.75, 3.05) is 7.11 Å². The number of benzene rings is 3. The predicted molar refractivity (Wildman–Crippen MR) is 84.4 cm³/mol. The zero-order valence-electron chi connectivity index (χ0n) is 11.4. The van der Waals surface area contributed by atoms with Crippen LogP contribution in [-0.2, 0) is 0 Å². The minimum absolute atomic E-state index is 0.166. The van der Waals surface area contributed by atoms with E-state index in [-0.39, 0.29) is 11.5 Å². The number of hydrogen-bond donors (Lipinski definition) is 2. The van der Waals surface area contributed by atoms with Gasteiger partial charge >= 0.3 is 0 Å². The lowest BCUT2D eigenvalue weighted by atomic mass is 10.1. The molecule has 3 nitrogen and oxygen atoms in total. The highest BCUT2D eigenvalue weighted by atomic mass is 32.2. The molecule has 0 saturated heterocycles. The summed E-state index contributed by atoms with van der Waals surface area (Å²) in [5, 5.41) is 21.8. The molecule has 21 heavy (non-hydrogen) atoms. The molecule has 0 aliphatic carbocycles. The van der Waals surface area contributed by atoms with Crippen molar-refractivity contribution in [3.05, 3.63) is 54.6 Å². The van der Waals surface area contributed by atoms with Crippen molar-refractivity contribution in [3.8, 4) is 17.2 Å². The van der Waals surface area contributed by atoms with E-state index in [4.69, 9.17) is 4.74 Å². The third kappa shape index (κ3) is 2.62. The second-order valence-electron chi connectivity index (χ2n) is 4.57. The summed E-state index contributed by atoms with van der Waals surface area (Å²) in [5.41, 5.74) is 0. The molecule has 0 amide bonds. The van der Waals surface area contributed by atoms with Gasteiger partial charge in [0.25, 0.3) is 0 Å². The third-order valence-electron chi connectivity index (χ3n) is 3.25. The lowest BCUT2D eigenvalue weighted by Crippen LogP contribution is -1.83. The maximum atomic E-state index is 10.4. The monoisotopic (exact) mass is 298 g/mol. The molecule has 0 bridgehead atoms. The van der Waals surface area contributed by atoms with E-state index in [0.29, 0.717) is 15.7 Å². The van der Waals surface area contributed by atoms with Crippen molar-refractivity contribution in [1.82, 2.24) is 0 Å². The number of aromatic hydroxyl groups is 2. The van der Waals surface area contributed by atoms with Gasteiger partial charge in [0.15, 0.2) is 0 Å². The van der Waals surface area contributed by atoms with Crippen molar-refractivity contribution >= 4 is 22.5 Å². The van der Waals surface area contributed by atoms with Gasteiger partial charge in [0, 0.05) is 15.7 Å². The molecule has 3 aromatic carbocycles. The first kappa shape index (κ1) is 13.6. The molecule has 0 fully saturated rings. The molecule has 0 aliphatic rings. The largest absolute Gasteiger partial charge is 0.507 e. The number of phenols is 2. The van der Waals surface area contributed by atoms with Crippen molar-refractivity contribution in [2.45, 2.75) is 9.79 Å². The molecule has 0 unspecified atom stereocenters. The van der Waals surface area contributed by atoms with Gasteiger partial charge in [-0.2, -0.15) is 0 Å². The van der Waals surface area contributed by atoms with E-state index in [2.05, 4.69) is 0 Å². The standard InChI is InChI=1S/C17H14O3S/c1-20-11-6-8-12(9-7-11)21-16-10-15(18)13-4-2-3-5-14(13)17(16)19/h2-10,18-19H,1H3. The van der Waals surface area contributed by atoms with Gasteiger partial charge in [-0.05, 0) is 30.3 Å². The number of fused-ring (bicyclic) bond motifs is 1.